The van der Waals surface area contributed by atoms with Gasteiger partial charge in [0.15, 0.2) is 5.03 Å². The highest BCUT2D eigenvalue weighted by Gasteiger charge is 2.50. The van der Waals surface area contributed by atoms with Crippen LogP contribution in [0.1, 0.15) is 12.8 Å². The quantitative estimate of drug-likeness (QED) is 0.860. The molecule has 20 heavy (non-hydrogen) atoms. The zero-order valence-electron chi connectivity index (χ0n) is 10.7. The van der Waals surface area contributed by atoms with Gasteiger partial charge in [0.1, 0.15) is 6.04 Å². The third-order valence-electron chi connectivity index (χ3n) is 3.30. The molecular formula is C10H15F3N4O2S. The van der Waals surface area contributed by atoms with E-state index in [1.165, 1.54) is 19.3 Å². The summed E-state index contributed by atoms with van der Waals surface area (Å²) in [5.74, 6) is 0. The van der Waals surface area contributed by atoms with Crippen LogP contribution in [0.5, 0.6) is 0 Å². The van der Waals surface area contributed by atoms with E-state index in [1.807, 2.05) is 0 Å². The van der Waals surface area contributed by atoms with Crippen molar-refractivity contribution < 1.29 is 21.6 Å². The number of piperidine rings is 1. The Hall–Kier alpha value is -1.13. The second-order valence-corrected chi connectivity index (χ2v) is 6.60. The van der Waals surface area contributed by atoms with E-state index in [0.29, 0.717) is 4.31 Å². The fourth-order valence-electron chi connectivity index (χ4n) is 2.29. The molecule has 1 fully saturated rings. The van der Waals surface area contributed by atoms with E-state index in [-0.39, 0.29) is 24.4 Å². The van der Waals surface area contributed by atoms with E-state index in [0.717, 1.165) is 4.68 Å². The fourth-order valence-corrected chi connectivity index (χ4v) is 4.09. The molecule has 1 aliphatic heterocycles. The van der Waals surface area contributed by atoms with Crippen LogP contribution in [0.2, 0.25) is 0 Å². The summed E-state index contributed by atoms with van der Waals surface area (Å²) < 4.78 is 65.3. The van der Waals surface area contributed by atoms with Gasteiger partial charge >= 0.3 is 6.18 Å². The molecule has 0 aliphatic carbocycles. The average molecular weight is 312 g/mol. The van der Waals surface area contributed by atoms with Crippen molar-refractivity contribution in [2.24, 2.45) is 12.8 Å². The van der Waals surface area contributed by atoms with Gasteiger partial charge < -0.3 is 5.73 Å². The van der Waals surface area contributed by atoms with Gasteiger partial charge in [-0.25, -0.2) is 8.42 Å². The molecule has 6 nitrogen and oxygen atoms in total. The maximum absolute atomic E-state index is 13.0. The summed E-state index contributed by atoms with van der Waals surface area (Å²) >= 11 is 0. The SMILES string of the molecule is Cn1nccc1S(=O)(=O)N1CC(N)CCC1C(F)(F)F. The minimum atomic E-state index is -4.62. The van der Waals surface area contributed by atoms with Crippen LogP contribution >= 0.6 is 0 Å². The first kappa shape index (κ1) is 15.3. The van der Waals surface area contributed by atoms with Crippen LogP contribution in [0.4, 0.5) is 13.2 Å². The Morgan fingerprint density at radius 3 is 2.55 bits per heavy atom. The monoisotopic (exact) mass is 312 g/mol. The Balaban J connectivity index is 2.43. The molecule has 0 bridgehead atoms. The summed E-state index contributed by atoms with van der Waals surface area (Å²) in [5.41, 5.74) is 5.62. The molecule has 114 valence electrons. The molecule has 1 aromatic rings. The van der Waals surface area contributed by atoms with Crippen LogP contribution in [-0.4, -0.2) is 47.3 Å². The van der Waals surface area contributed by atoms with E-state index in [4.69, 9.17) is 5.73 Å². The van der Waals surface area contributed by atoms with Gasteiger partial charge in [-0.2, -0.15) is 22.6 Å². The zero-order chi connectivity index (χ0) is 15.1. The fraction of sp³-hybridized carbons (Fsp3) is 0.700. The van der Waals surface area contributed by atoms with Gasteiger partial charge in [0.05, 0.1) is 6.20 Å². The molecule has 2 rings (SSSR count). The van der Waals surface area contributed by atoms with Crippen LogP contribution in [0.15, 0.2) is 17.3 Å². The second kappa shape index (κ2) is 5.01. The Kier molecular flexibility index (Phi) is 3.82. The summed E-state index contributed by atoms with van der Waals surface area (Å²) in [6.07, 6.45) is -3.59. The van der Waals surface area contributed by atoms with Crippen LogP contribution < -0.4 is 5.73 Å². The Morgan fingerprint density at radius 1 is 1.40 bits per heavy atom. The Morgan fingerprint density at radius 2 is 2.05 bits per heavy atom. The van der Waals surface area contributed by atoms with Crippen molar-refractivity contribution >= 4 is 10.0 Å². The lowest BCUT2D eigenvalue weighted by atomic mass is 10.0. The topological polar surface area (TPSA) is 81.2 Å². The van der Waals surface area contributed by atoms with Crippen molar-refractivity contribution in [3.05, 3.63) is 12.3 Å². The first-order valence-electron chi connectivity index (χ1n) is 5.96. The second-order valence-electron chi connectivity index (χ2n) is 4.76. The van der Waals surface area contributed by atoms with Gasteiger partial charge in [-0.15, -0.1) is 0 Å². The van der Waals surface area contributed by atoms with Crippen molar-refractivity contribution in [3.63, 3.8) is 0 Å². The van der Waals surface area contributed by atoms with E-state index in [9.17, 15) is 21.6 Å². The minimum Gasteiger partial charge on any atom is -0.327 e. The molecule has 0 aromatic carbocycles. The largest absolute Gasteiger partial charge is 0.405 e. The first-order chi connectivity index (χ1) is 9.14. The van der Waals surface area contributed by atoms with Gasteiger partial charge in [0, 0.05) is 19.6 Å². The standard InChI is InChI=1S/C10H15F3N4O2S/c1-16-9(4-5-15-16)20(18,19)17-6-7(14)2-3-8(17)10(11,12)13/h4-5,7-8H,2-3,6,14H2,1H3. The highest BCUT2D eigenvalue weighted by Crippen LogP contribution is 2.34. The normalized spacial score (nSPS) is 25.9. The number of alkyl halides is 3. The average Bonchev–Trinajstić information content (AvgIpc) is 2.74. The number of nitrogens with zero attached hydrogens (tertiary/aromatic N) is 3. The smallest absolute Gasteiger partial charge is 0.327 e. The lowest BCUT2D eigenvalue weighted by Crippen LogP contribution is -2.56. The highest BCUT2D eigenvalue weighted by atomic mass is 32.2. The van der Waals surface area contributed by atoms with Crippen molar-refractivity contribution in [1.82, 2.24) is 14.1 Å². The number of hydrogen-bond acceptors (Lipinski definition) is 4. The van der Waals surface area contributed by atoms with Crippen LogP contribution in [0, 0.1) is 0 Å². The first-order valence-corrected chi connectivity index (χ1v) is 7.40. The molecule has 1 saturated heterocycles. The van der Waals surface area contributed by atoms with E-state index in [2.05, 4.69) is 5.10 Å². The third kappa shape index (κ3) is 2.67. The van der Waals surface area contributed by atoms with E-state index >= 15 is 0 Å². The summed E-state index contributed by atoms with van der Waals surface area (Å²) in [7, 11) is -2.92. The molecule has 1 aliphatic rings. The van der Waals surface area contributed by atoms with E-state index in [1.54, 1.807) is 0 Å². The third-order valence-corrected chi connectivity index (χ3v) is 5.25. The molecule has 10 heteroatoms. The molecule has 2 heterocycles. The van der Waals surface area contributed by atoms with Gasteiger partial charge in [0.2, 0.25) is 0 Å². The van der Waals surface area contributed by atoms with Crippen molar-refractivity contribution in [2.45, 2.75) is 36.1 Å². The molecule has 0 saturated carbocycles. The summed E-state index contributed by atoms with van der Waals surface area (Å²) in [5, 5.41) is 3.41. The van der Waals surface area contributed by atoms with Crippen LogP contribution in [0.3, 0.4) is 0 Å². The maximum Gasteiger partial charge on any atom is 0.405 e. The Labute approximate surface area is 114 Å². The number of halogens is 3. The van der Waals surface area contributed by atoms with Crippen molar-refractivity contribution in [3.8, 4) is 0 Å². The van der Waals surface area contributed by atoms with Crippen molar-refractivity contribution in [2.75, 3.05) is 6.54 Å². The van der Waals surface area contributed by atoms with Gasteiger partial charge in [-0.3, -0.25) is 4.68 Å². The molecule has 2 N–H and O–H groups in total. The van der Waals surface area contributed by atoms with Gasteiger partial charge in [0.25, 0.3) is 10.0 Å². The predicted octanol–water partition coefficient (Wildman–Crippen LogP) is 0.463. The molecule has 0 amide bonds. The molecule has 2 unspecified atom stereocenters. The highest BCUT2D eigenvalue weighted by molar-refractivity contribution is 7.89. The maximum atomic E-state index is 13.0. The van der Waals surface area contributed by atoms with E-state index < -0.39 is 28.3 Å². The molecule has 0 radical (unpaired) electrons. The van der Waals surface area contributed by atoms with Crippen LogP contribution in [-0.2, 0) is 17.1 Å². The van der Waals surface area contributed by atoms with Gasteiger partial charge in [-0.1, -0.05) is 0 Å². The lowest BCUT2D eigenvalue weighted by Gasteiger charge is -2.37. The number of sulfonamides is 1. The number of aryl methyl sites for hydroxylation is 1. The summed E-state index contributed by atoms with van der Waals surface area (Å²) in [6.45, 7) is -0.350. The number of aromatic nitrogens is 2. The number of rotatable bonds is 2. The molecule has 1 aromatic heterocycles. The summed E-state index contributed by atoms with van der Waals surface area (Å²) in [4.78, 5) is 0. The van der Waals surface area contributed by atoms with Crippen LogP contribution in [0.25, 0.3) is 0 Å². The van der Waals surface area contributed by atoms with Gasteiger partial charge in [-0.05, 0) is 18.9 Å². The molecule has 2 atom stereocenters. The van der Waals surface area contributed by atoms with Crippen molar-refractivity contribution in [1.29, 1.82) is 0 Å². The molecule has 0 spiro atoms. The predicted molar refractivity (Wildman–Crippen MR) is 64.2 cm³/mol. The Bertz CT molecular complexity index is 584. The molecular weight excluding hydrogens is 297 g/mol. The lowest BCUT2D eigenvalue weighted by molar-refractivity contribution is -0.178. The number of hydrogen-bond donors (Lipinski definition) is 1. The summed E-state index contributed by atoms with van der Waals surface area (Å²) in [6, 6.07) is -1.47. The number of nitrogens with two attached hydrogens (primary N) is 1. The zero-order valence-corrected chi connectivity index (χ0v) is 11.5. The minimum absolute atomic E-state index is 0.140.